The SMILES string of the molecule is COCOc1ccc(C(=O)NCCC(=O)Nc2cccc(Oc3ccc(Cl)cc3)c2)cc1. The molecule has 0 aromatic heterocycles. The van der Waals surface area contributed by atoms with E-state index in [9.17, 15) is 9.59 Å². The van der Waals surface area contributed by atoms with Crippen molar-refractivity contribution in [1.29, 1.82) is 0 Å². The van der Waals surface area contributed by atoms with Crippen molar-refractivity contribution in [2.75, 3.05) is 25.8 Å². The van der Waals surface area contributed by atoms with Crippen LogP contribution in [0.2, 0.25) is 5.02 Å². The molecule has 0 bridgehead atoms. The minimum Gasteiger partial charge on any atom is -0.468 e. The molecular weight excluding hydrogens is 432 g/mol. The maximum Gasteiger partial charge on any atom is 0.251 e. The van der Waals surface area contributed by atoms with Gasteiger partial charge in [0.05, 0.1) is 0 Å². The van der Waals surface area contributed by atoms with Crippen LogP contribution in [0.5, 0.6) is 17.2 Å². The predicted molar refractivity (Wildman–Crippen MR) is 122 cm³/mol. The van der Waals surface area contributed by atoms with E-state index in [0.717, 1.165) is 0 Å². The molecule has 0 radical (unpaired) electrons. The smallest absolute Gasteiger partial charge is 0.251 e. The summed E-state index contributed by atoms with van der Waals surface area (Å²) in [5.41, 5.74) is 1.07. The molecule has 0 saturated carbocycles. The first kappa shape index (κ1) is 23.1. The highest BCUT2D eigenvalue weighted by atomic mass is 35.5. The highest BCUT2D eigenvalue weighted by Crippen LogP contribution is 2.25. The lowest BCUT2D eigenvalue weighted by Crippen LogP contribution is -2.27. The molecule has 3 aromatic rings. The van der Waals surface area contributed by atoms with Crippen molar-refractivity contribution in [1.82, 2.24) is 5.32 Å². The molecule has 0 fully saturated rings. The van der Waals surface area contributed by atoms with Gasteiger partial charge in [-0.25, -0.2) is 0 Å². The van der Waals surface area contributed by atoms with Crippen molar-refractivity contribution >= 4 is 29.1 Å². The van der Waals surface area contributed by atoms with E-state index in [1.54, 1.807) is 72.8 Å². The van der Waals surface area contributed by atoms with Gasteiger partial charge in [0.1, 0.15) is 17.2 Å². The standard InChI is InChI=1S/C24H23ClN2O5/c1-30-16-31-20-9-5-17(6-10-20)24(29)26-14-13-23(28)27-19-3-2-4-22(15-19)32-21-11-7-18(25)8-12-21/h2-12,15H,13-14,16H2,1H3,(H,26,29)(H,27,28). The molecule has 0 saturated heterocycles. The quantitative estimate of drug-likeness (QED) is 0.427. The Labute approximate surface area is 191 Å². The largest absolute Gasteiger partial charge is 0.468 e. The summed E-state index contributed by atoms with van der Waals surface area (Å²) in [7, 11) is 1.53. The van der Waals surface area contributed by atoms with Gasteiger partial charge in [-0.2, -0.15) is 0 Å². The second-order valence-electron chi connectivity index (χ2n) is 6.71. The van der Waals surface area contributed by atoms with E-state index < -0.39 is 0 Å². The third-order valence-electron chi connectivity index (χ3n) is 4.26. The summed E-state index contributed by atoms with van der Waals surface area (Å²) < 4.78 is 15.9. The van der Waals surface area contributed by atoms with Crippen LogP contribution in [0.3, 0.4) is 0 Å². The monoisotopic (exact) mass is 454 g/mol. The number of hydrogen-bond acceptors (Lipinski definition) is 5. The van der Waals surface area contributed by atoms with Crippen LogP contribution in [0.25, 0.3) is 0 Å². The lowest BCUT2D eigenvalue weighted by atomic mass is 10.2. The Morgan fingerprint density at radius 1 is 0.906 bits per heavy atom. The third-order valence-corrected chi connectivity index (χ3v) is 4.52. The fourth-order valence-electron chi connectivity index (χ4n) is 2.72. The Morgan fingerprint density at radius 2 is 1.62 bits per heavy atom. The highest BCUT2D eigenvalue weighted by molar-refractivity contribution is 6.30. The molecule has 2 N–H and O–H groups in total. The minimum absolute atomic E-state index is 0.128. The molecule has 0 aliphatic carbocycles. The average molecular weight is 455 g/mol. The highest BCUT2D eigenvalue weighted by Gasteiger charge is 2.08. The van der Waals surface area contributed by atoms with Crippen molar-refractivity contribution in [3.63, 3.8) is 0 Å². The van der Waals surface area contributed by atoms with E-state index in [2.05, 4.69) is 10.6 Å². The third kappa shape index (κ3) is 7.30. The summed E-state index contributed by atoms with van der Waals surface area (Å²) in [4.78, 5) is 24.5. The molecule has 8 heteroatoms. The summed E-state index contributed by atoms with van der Waals surface area (Å²) in [5, 5.41) is 6.15. The first-order chi connectivity index (χ1) is 15.5. The van der Waals surface area contributed by atoms with Gasteiger partial charge in [-0.1, -0.05) is 17.7 Å². The molecule has 166 valence electrons. The fraction of sp³-hybridized carbons (Fsp3) is 0.167. The molecule has 32 heavy (non-hydrogen) atoms. The van der Waals surface area contributed by atoms with Gasteiger partial charge in [0.25, 0.3) is 5.91 Å². The summed E-state index contributed by atoms with van der Waals surface area (Å²) in [6.07, 6.45) is 0.128. The van der Waals surface area contributed by atoms with Crippen LogP contribution in [0.4, 0.5) is 5.69 Å². The Bertz CT molecular complexity index is 1040. The van der Waals surface area contributed by atoms with Gasteiger partial charge in [-0.3, -0.25) is 9.59 Å². The molecule has 3 aromatic carbocycles. The van der Waals surface area contributed by atoms with E-state index in [-0.39, 0.29) is 31.6 Å². The molecule has 0 aliphatic heterocycles. The van der Waals surface area contributed by atoms with E-state index in [1.165, 1.54) is 7.11 Å². The Kier molecular flexibility index (Phi) is 8.48. The van der Waals surface area contributed by atoms with E-state index in [0.29, 0.717) is 33.5 Å². The average Bonchev–Trinajstić information content (AvgIpc) is 2.80. The van der Waals surface area contributed by atoms with Gasteiger partial charge in [0, 0.05) is 42.4 Å². The van der Waals surface area contributed by atoms with Gasteiger partial charge < -0.3 is 24.8 Å². The Balaban J connectivity index is 1.44. The van der Waals surface area contributed by atoms with Crippen LogP contribution in [-0.4, -0.2) is 32.3 Å². The number of halogens is 1. The summed E-state index contributed by atoms with van der Waals surface area (Å²) >= 11 is 5.88. The number of carbonyl (C=O) groups is 2. The number of nitrogens with one attached hydrogen (secondary N) is 2. The lowest BCUT2D eigenvalue weighted by molar-refractivity contribution is -0.116. The molecule has 0 unspecified atom stereocenters. The summed E-state index contributed by atoms with van der Waals surface area (Å²) in [5.74, 6) is 1.33. The maximum absolute atomic E-state index is 12.2. The predicted octanol–water partition coefficient (Wildman–Crippen LogP) is 4.87. The molecule has 0 atom stereocenters. The normalized spacial score (nSPS) is 10.3. The van der Waals surface area contributed by atoms with Crippen LogP contribution in [0.15, 0.2) is 72.8 Å². The maximum atomic E-state index is 12.2. The zero-order valence-electron chi connectivity index (χ0n) is 17.5. The molecule has 0 heterocycles. The molecule has 0 aliphatic rings. The minimum atomic E-state index is -0.269. The van der Waals surface area contributed by atoms with Gasteiger partial charge in [0.15, 0.2) is 6.79 Å². The number of rotatable bonds is 10. The van der Waals surface area contributed by atoms with Crippen LogP contribution >= 0.6 is 11.6 Å². The van der Waals surface area contributed by atoms with Crippen molar-refractivity contribution < 1.29 is 23.8 Å². The lowest BCUT2D eigenvalue weighted by Gasteiger charge is -2.10. The van der Waals surface area contributed by atoms with Gasteiger partial charge in [-0.15, -0.1) is 0 Å². The number of anilines is 1. The molecule has 2 amide bonds. The van der Waals surface area contributed by atoms with Gasteiger partial charge in [0.2, 0.25) is 5.91 Å². The van der Waals surface area contributed by atoms with Crippen molar-refractivity contribution in [2.45, 2.75) is 6.42 Å². The topological polar surface area (TPSA) is 85.9 Å². The first-order valence-electron chi connectivity index (χ1n) is 9.87. The van der Waals surface area contributed by atoms with Gasteiger partial charge in [-0.05, 0) is 60.7 Å². The number of benzene rings is 3. The van der Waals surface area contributed by atoms with Crippen LogP contribution in [0, 0.1) is 0 Å². The van der Waals surface area contributed by atoms with Crippen molar-refractivity contribution in [3.8, 4) is 17.2 Å². The van der Waals surface area contributed by atoms with Gasteiger partial charge >= 0.3 is 0 Å². The van der Waals surface area contributed by atoms with Crippen molar-refractivity contribution in [2.24, 2.45) is 0 Å². The van der Waals surface area contributed by atoms with E-state index >= 15 is 0 Å². The summed E-state index contributed by atoms with van der Waals surface area (Å²) in [6.45, 7) is 0.338. The number of methoxy groups -OCH3 is 1. The number of hydrogen-bond donors (Lipinski definition) is 2. The zero-order chi connectivity index (χ0) is 22.8. The second-order valence-corrected chi connectivity index (χ2v) is 7.15. The summed E-state index contributed by atoms with van der Waals surface area (Å²) in [6, 6.07) is 20.7. The van der Waals surface area contributed by atoms with Crippen LogP contribution < -0.4 is 20.1 Å². The van der Waals surface area contributed by atoms with E-state index in [4.69, 9.17) is 25.8 Å². The van der Waals surface area contributed by atoms with Crippen LogP contribution in [-0.2, 0) is 9.53 Å². The van der Waals surface area contributed by atoms with Crippen molar-refractivity contribution in [3.05, 3.63) is 83.4 Å². The van der Waals surface area contributed by atoms with Crippen LogP contribution in [0.1, 0.15) is 16.8 Å². The second kappa shape index (κ2) is 11.7. The molecule has 0 spiro atoms. The van der Waals surface area contributed by atoms with E-state index in [1.807, 2.05) is 0 Å². The molecular formula is C24H23ClN2O5. The fourth-order valence-corrected chi connectivity index (χ4v) is 2.85. The number of ether oxygens (including phenoxy) is 3. The molecule has 3 rings (SSSR count). The zero-order valence-corrected chi connectivity index (χ0v) is 18.2. The Morgan fingerprint density at radius 3 is 2.34 bits per heavy atom. The Hall–Kier alpha value is -3.55. The number of carbonyl (C=O) groups excluding carboxylic acids is 2. The number of amides is 2. The molecule has 7 nitrogen and oxygen atoms in total. The first-order valence-corrected chi connectivity index (χ1v) is 10.2.